The molecule has 0 heterocycles. The Bertz CT molecular complexity index is 488. The summed E-state index contributed by atoms with van der Waals surface area (Å²) in [5.74, 6) is -0.225. The lowest BCUT2D eigenvalue weighted by Gasteiger charge is -2.34. The van der Waals surface area contributed by atoms with Crippen LogP contribution in [0.15, 0.2) is 24.3 Å². The van der Waals surface area contributed by atoms with Crippen molar-refractivity contribution in [2.24, 2.45) is 5.41 Å². The van der Waals surface area contributed by atoms with Crippen molar-refractivity contribution in [1.29, 1.82) is 0 Å². The molecule has 0 amide bonds. The normalized spacial score (nSPS) is 14.6. The maximum Gasteiger partial charge on any atom is 0.327 e. The van der Waals surface area contributed by atoms with Crippen LogP contribution in [-0.2, 0) is 4.79 Å². The first-order valence-corrected chi connectivity index (χ1v) is 6.19. The molecule has 0 saturated carbocycles. The molecule has 1 aromatic rings. The summed E-state index contributed by atoms with van der Waals surface area (Å²) in [6, 6.07) is 5.36. The van der Waals surface area contributed by atoms with Crippen LogP contribution in [0.25, 0.3) is 0 Å². The molecule has 0 aliphatic rings. The molecule has 0 bridgehead atoms. The zero-order valence-electron chi connectivity index (χ0n) is 11.3. The van der Waals surface area contributed by atoms with Gasteiger partial charge in [0.15, 0.2) is 0 Å². The van der Waals surface area contributed by atoms with E-state index in [0.29, 0.717) is 0 Å². The standard InChI is InChI=1S/C13H17NO4S/c1-12(2,3)13(4,19)11(15)18-10-7-5-9(6-8-10)14(16)17/h5-8,19H,1-4H3/t13-/m1/s1. The van der Waals surface area contributed by atoms with E-state index in [1.807, 2.05) is 20.8 Å². The van der Waals surface area contributed by atoms with Gasteiger partial charge < -0.3 is 4.74 Å². The molecular weight excluding hydrogens is 266 g/mol. The van der Waals surface area contributed by atoms with Crippen LogP contribution in [0.2, 0.25) is 0 Å². The first kappa shape index (κ1) is 15.5. The molecule has 19 heavy (non-hydrogen) atoms. The number of nitro groups is 1. The summed E-state index contributed by atoms with van der Waals surface area (Å²) in [5, 5.41) is 10.5. The molecule has 0 fully saturated rings. The quantitative estimate of drug-likeness (QED) is 0.304. The van der Waals surface area contributed by atoms with Crippen molar-refractivity contribution in [1.82, 2.24) is 0 Å². The summed E-state index contributed by atoms with van der Waals surface area (Å²) in [7, 11) is 0. The summed E-state index contributed by atoms with van der Waals surface area (Å²) in [4.78, 5) is 22.1. The van der Waals surface area contributed by atoms with Gasteiger partial charge in [0.2, 0.25) is 0 Å². The first-order valence-electron chi connectivity index (χ1n) is 5.75. The number of rotatable bonds is 3. The minimum absolute atomic E-state index is 0.0516. The lowest BCUT2D eigenvalue weighted by atomic mass is 9.81. The summed E-state index contributed by atoms with van der Waals surface area (Å²) in [6.45, 7) is 7.34. The molecule has 6 heteroatoms. The SMILES string of the molecule is CC(C)(C)[C@](C)(S)C(=O)Oc1ccc([N+](=O)[O-])cc1. The number of esters is 1. The zero-order chi connectivity index (χ0) is 14.8. The van der Waals surface area contributed by atoms with Gasteiger partial charge in [0.05, 0.1) is 4.92 Å². The number of nitrogens with zero attached hydrogens (tertiary/aromatic N) is 1. The Morgan fingerprint density at radius 2 is 1.68 bits per heavy atom. The molecule has 0 unspecified atom stereocenters. The zero-order valence-corrected chi connectivity index (χ0v) is 12.2. The number of nitro benzene ring substituents is 1. The van der Waals surface area contributed by atoms with E-state index in [1.165, 1.54) is 24.3 Å². The highest BCUT2D eigenvalue weighted by Gasteiger charge is 2.42. The van der Waals surface area contributed by atoms with Gasteiger partial charge in [-0.15, -0.1) is 0 Å². The van der Waals surface area contributed by atoms with E-state index in [1.54, 1.807) is 6.92 Å². The number of hydrogen-bond donors (Lipinski definition) is 1. The van der Waals surface area contributed by atoms with Crippen molar-refractivity contribution in [3.63, 3.8) is 0 Å². The first-order chi connectivity index (χ1) is 8.55. The maximum atomic E-state index is 12.1. The fourth-order valence-corrected chi connectivity index (χ4v) is 1.19. The van der Waals surface area contributed by atoms with Crippen molar-refractivity contribution in [2.45, 2.75) is 32.4 Å². The third kappa shape index (κ3) is 3.47. The number of thiol groups is 1. The van der Waals surface area contributed by atoms with Crippen LogP contribution in [0.4, 0.5) is 5.69 Å². The lowest BCUT2D eigenvalue weighted by Crippen LogP contribution is -2.44. The third-order valence-electron chi connectivity index (χ3n) is 3.12. The molecule has 0 saturated heterocycles. The minimum atomic E-state index is -0.964. The van der Waals surface area contributed by atoms with Crippen molar-refractivity contribution >= 4 is 24.3 Å². The van der Waals surface area contributed by atoms with Crippen LogP contribution in [0, 0.1) is 15.5 Å². The highest BCUT2D eigenvalue weighted by molar-refractivity contribution is 7.82. The molecule has 104 valence electrons. The molecule has 1 rings (SSSR count). The van der Waals surface area contributed by atoms with E-state index in [4.69, 9.17) is 4.74 Å². The Balaban J connectivity index is 2.86. The monoisotopic (exact) mass is 283 g/mol. The van der Waals surface area contributed by atoms with E-state index in [0.717, 1.165) is 0 Å². The van der Waals surface area contributed by atoms with Gasteiger partial charge in [-0.05, 0) is 24.5 Å². The average molecular weight is 283 g/mol. The average Bonchev–Trinajstić information content (AvgIpc) is 2.28. The van der Waals surface area contributed by atoms with Crippen LogP contribution in [0.1, 0.15) is 27.7 Å². The number of hydrogen-bond acceptors (Lipinski definition) is 5. The Labute approximate surface area is 117 Å². The van der Waals surface area contributed by atoms with Crippen molar-refractivity contribution < 1.29 is 14.5 Å². The fourth-order valence-electron chi connectivity index (χ4n) is 1.15. The topological polar surface area (TPSA) is 69.4 Å². The van der Waals surface area contributed by atoms with Crippen molar-refractivity contribution in [3.05, 3.63) is 34.4 Å². The Kier molecular flexibility index (Phi) is 4.25. The molecule has 0 N–H and O–H groups in total. The molecular formula is C13H17NO4S. The third-order valence-corrected chi connectivity index (χ3v) is 3.97. The summed E-state index contributed by atoms with van der Waals surface area (Å²) < 4.78 is 4.24. The van der Waals surface area contributed by atoms with Crippen molar-refractivity contribution in [2.75, 3.05) is 0 Å². The number of ether oxygens (including phenoxy) is 1. The molecule has 0 aromatic heterocycles. The van der Waals surface area contributed by atoms with Crippen LogP contribution in [0.5, 0.6) is 5.75 Å². The van der Waals surface area contributed by atoms with Gasteiger partial charge in [0.1, 0.15) is 10.5 Å². The summed E-state index contributed by atoms with van der Waals surface area (Å²) >= 11 is 4.36. The predicted molar refractivity (Wildman–Crippen MR) is 75.6 cm³/mol. The molecule has 0 spiro atoms. The van der Waals surface area contributed by atoms with E-state index >= 15 is 0 Å². The van der Waals surface area contributed by atoms with Gasteiger partial charge in [-0.3, -0.25) is 14.9 Å². The van der Waals surface area contributed by atoms with Gasteiger partial charge in [0.25, 0.3) is 5.69 Å². The Hall–Kier alpha value is -1.56. The molecule has 1 aromatic carbocycles. The van der Waals surface area contributed by atoms with Gasteiger partial charge in [-0.2, -0.15) is 12.6 Å². The second-order valence-corrected chi connectivity index (χ2v) is 6.36. The van der Waals surface area contributed by atoms with E-state index in [2.05, 4.69) is 12.6 Å². The molecule has 0 radical (unpaired) electrons. The van der Waals surface area contributed by atoms with Crippen LogP contribution in [0.3, 0.4) is 0 Å². The van der Waals surface area contributed by atoms with Gasteiger partial charge in [-0.1, -0.05) is 20.8 Å². The fraction of sp³-hybridized carbons (Fsp3) is 0.462. The predicted octanol–water partition coefficient (Wildman–Crippen LogP) is 3.23. The van der Waals surface area contributed by atoms with E-state index < -0.39 is 15.6 Å². The van der Waals surface area contributed by atoms with Crippen molar-refractivity contribution in [3.8, 4) is 5.75 Å². The van der Waals surface area contributed by atoms with Gasteiger partial charge in [-0.25, -0.2) is 0 Å². The van der Waals surface area contributed by atoms with E-state index in [-0.39, 0.29) is 16.9 Å². The molecule has 5 nitrogen and oxygen atoms in total. The minimum Gasteiger partial charge on any atom is -0.425 e. The largest absolute Gasteiger partial charge is 0.425 e. The Morgan fingerprint density at radius 3 is 2.05 bits per heavy atom. The number of non-ortho nitro benzene ring substituents is 1. The van der Waals surface area contributed by atoms with Crippen LogP contribution < -0.4 is 4.74 Å². The van der Waals surface area contributed by atoms with Crippen LogP contribution in [-0.4, -0.2) is 15.6 Å². The van der Waals surface area contributed by atoms with Gasteiger partial charge in [0, 0.05) is 12.1 Å². The number of carbonyl (C=O) groups is 1. The maximum absolute atomic E-state index is 12.1. The highest BCUT2D eigenvalue weighted by Crippen LogP contribution is 2.37. The lowest BCUT2D eigenvalue weighted by molar-refractivity contribution is -0.384. The number of benzene rings is 1. The second kappa shape index (κ2) is 5.21. The molecule has 1 atom stereocenters. The van der Waals surface area contributed by atoms with Crippen LogP contribution >= 0.6 is 12.6 Å². The van der Waals surface area contributed by atoms with Gasteiger partial charge >= 0.3 is 5.97 Å². The summed E-state index contributed by atoms with van der Waals surface area (Å²) in [6.07, 6.45) is 0. The molecule has 0 aliphatic carbocycles. The Morgan fingerprint density at radius 1 is 1.21 bits per heavy atom. The molecule has 0 aliphatic heterocycles. The summed E-state index contributed by atoms with van der Waals surface area (Å²) in [5.41, 5.74) is -0.433. The smallest absolute Gasteiger partial charge is 0.327 e. The number of carbonyl (C=O) groups excluding carboxylic acids is 1. The highest BCUT2D eigenvalue weighted by atomic mass is 32.1. The second-order valence-electron chi connectivity index (χ2n) is 5.46. The van der Waals surface area contributed by atoms with E-state index in [9.17, 15) is 14.9 Å².